The summed E-state index contributed by atoms with van der Waals surface area (Å²) in [4.78, 5) is 18.9. The van der Waals surface area contributed by atoms with Gasteiger partial charge in [0.25, 0.3) is 0 Å². The van der Waals surface area contributed by atoms with Crippen molar-refractivity contribution < 1.29 is 4.79 Å². The van der Waals surface area contributed by atoms with Crippen LogP contribution >= 0.6 is 0 Å². The van der Waals surface area contributed by atoms with Gasteiger partial charge in [-0.2, -0.15) is 0 Å². The number of likely N-dealkylation sites (tertiary alicyclic amines) is 1. The standard InChI is InChI=1S/C20H28N4O/c1-15-5-10-19-18(13-15)21-14-24(19)17-8-6-16(7-9-17)22-20(25)23-11-3-2-4-12-23/h5,10,13-14,16-17H,2-4,6-9,11-12H2,1H3,(H,22,25). The lowest BCUT2D eigenvalue weighted by atomic mass is 9.91. The zero-order valence-corrected chi connectivity index (χ0v) is 15.1. The maximum atomic E-state index is 12.4. The van der Waals surface area contributed by atoms with Crippen molar-refractivity contribution in [3.63, 3.8) is 0 Å². The molecule has 1 N–H and O–H groups in total. The number of benzene rings is 1. The summed E-state index contributed by atoms with van der Waals surface area (Å²) in [5.74, 6) is 0. The molecule has 2 heterocycles. The largest absolute Gasteiger partial charge is 0.335 e. The van der Waals surface area contributed by atoms with Gasteiger partial charge in [-0.15, -0.1) is 0 Å². The highest BCUT2D eigenvalue weighted by Gasteiger charge is 2.26. The quantitative estimate of drug-likeness (QED) is 0.897. The van der Waals surface area contributed by atoms with Gasteiger partial charge in [0.2, 0.25) is 0 Å². The number of urea groups is 1. The van der Waals surface area contributed by atoms with Crippen LogP contribution in [0.25, 0.3) is 11.0 Å². The highest BCUT2D eigenvalue weighted by molar-refractivity contribution is 5.76. The van der Waals surface area contributed by atoms with E-state index in [9.17, 15) is 4.79 Å². The molecular formula is C20H28N4O. The SMILES string of the molecule is Cc1ccc2c(c1)ncn2C1CCC(NC(=O)N2CCCCC2)CC1. The first-order chi connectivity index (χ1) is 12.2. The molecule has 2 amide bonds. The van der Waals surface area contributed by atoms with Crippen molar-refractivity contribution in [3.05, 3.63) is 30.1 Å². The van der Waals surface area contributed by atoms with Crippen LogP contribution in [-0.4, -0.2) is 39.6 Å². The second-order valence-corrected chi connectivity index (χ2v) is 7.65. The van der Waals surface area contributed by atoms with E-state index in [2.05, 4.69) is 40.0 Å². The van der Waals surface area contributed by atoms with Gasteiger partial charge in [-0.25, -0.2) is 9.78 Å². The lowest BCUT2D eigenvalue weighted by molar-refractivity contribution is 0.176. The average Bonchev–Trinajstić information content (AvgIpc) is 3.06. The number of hydrogen-bond acceptors (Lipinski definition) is 2. The Hall–Kier alpha value is -2.04. The van der Waals surface area contributed by atoms with Crippen LogP contribution in [-0.2, 0) is 0 Å². The number of hydrogen-bond donors (Lipinski definition) is 1. The fourth-order valence-electron chi connectivity index (χ4n) is 4.29. The third-order valence-corrected chi connectivity index (χ3v) is 5.79. The van der Waals surface area contributed by atoms with Gasteiger partial charge in [-0.1, -0.05) is 6.07 Å². The molecule has 0 unspecified atom stereocenters. The van der Waals surface area contributed by atoms with Gasteiger partial charge in [0.1, 0.15) is 0 Å². The van der Waals surface area contributed by atoms with Crippen LogP contribution in [0.5, 0.6) is 0 Å². The zero-order valence-electron chi connectivity index (χ0n) is 15.1. The fraction of sp³-hybridized carbons (Fsp3) is 0.600. The third-order valence-electron chi connectivity index (χ3n) is 5.79. The van der Waals surface area contributed by atoms with E-state index < -0.39 is 0 Å². The van der Waals surface area contributed by atoms with Gasteiger partial charge >= 0.3 is 6.03 Å². The number of imidazole rings is 1. The molecule has 0 spiro atoms. The van der Waals surface area contributed by atoms with Crippen molar-refractivity contribution in [2.45, 2.75) is 64.0 Å². The summed E-state index contributed by atoms with van der Waals surface area (Å²) in [6.45, 7) is 3.94. The summed E-state index contributed by atoms with van der Waals surface area (Å²) in [6, 6.07) is 7.45. The second-order valence-electron chi connectivity index (χ2n) is 7.65. The molecule has 2 fully saturated rings. The van der Waals surface area contributed by atoms with E-state index in [1.807, 2.05) is 11.2 Å². The Morgan fingerprint density at radius 2 is 1.88 bits per heavy atom. The van der Waals surface area contributed by atoms with Crippen molar-refractivity contribution in [2.24, 2.45) is 0 Å². The van der Waals surface area contributed by atoms with Crippen LogP contribution in [0, 0.1) is 6.92 Å². The molecule has 25 heavy (non-hydrogen) atoms. The Balaban J connectivity index is 1.35. The van der Waals surface area contributed by atoms with Crippen LogP contribution in [0.2, 0.25) is 0 Å². The first kappa shape index (κ1) is 16.4. The second kappa shape index (κ2) is 7.06. The van der Waals surface area contributed by atoms with Crippen LogP contribution in [0.3, 0.4) is 0 Å². The zero-order chi connectivity index (χ0) is 17.2. The molecule has 1 saturated heterocycles. The van der Waals surface area contributed by atoms with Crippen LogP contribution in [0.15, 0.2) is 24.5 Å². The summed E-state index contributed by atoms with van der Waals surface area (Å²) < 4.78 is 2.33. The first-order valence-corrected chi connectivity index (χ1v) is 9.69. The lowest BCUT2D eigenvalue weighted by Gasteiger charge is -2.33. The lowest BCUT2D eigenvalue weighted by Crippen LogP contribution is -2.47. The molecule has 1 aromatic carbocycles. The molecule has 1 aromatic heterocycles. The average molecular weight is 340 g/mol. The number of rotatable bonds is 2. The molecule has 0 atom stereocenters. The van der Waals surface area contributed by atoms with Gasteiger partial charge in [0, 0.05) is 25.2 Å². The summed E-state index contributed by atoms with van der Waals surface area (Å²) in [5, 5.41) is 3.26. The van der Waals surface area contributed by atoms with Crippen LogP contribution < -0.4 is 5.32 Å². The molecule has 2 aromatic rings. The van der Waals surface area contributed by atoms with Crippen molar-refractivity contribution in [1.82, 2.24) is 19.8 Å². The number of aryl methyl sites for hydroxylation is 1. The van der Waals surface area contributed by atoms with Crippen molar-refractivity contribution >= 4 is 17.1 Å². The topological polar surface area (TPSA) is 50.2 Å². The molecule has 0 bridgehead atoms. The van der Waals surface area contributed by atoms with Crippen LogP contribution in [0.1, 0.15) is 56.6 Å². The van der Waals surface area contributed by atoms with Crippen molar-refractivity contribution in [1.29, 1.82) is 0 Å². The predicted molar refractivity (Wildman–Crippen MR) is 99.7 cm³/mol. The van der Waals surface area contributed by atoms with E-state index in [0.29, 0.717) is 12.1 Å². The number of piperidine rings is 1. The summed E-state index contributed by atoms with van der Waals surface area (Å²) in [7, 11) is 0. The number of nitrogens with one attached hydrogen (secondary N) is 1. The number of amides is 2. The Bertz CT molecular complexity index is 739. The van der Waals surface area contributed by atoms with Crippen molar-refractivity contribution in [2.75, 3.05) is 13.1 Å². The van der Waals surface area contributed by atoms with Crippen LogP contribution in [0.4, 0.5) is 4.79 Å². The molecule has 5 nitrogen and oxygen atoms in total. The van der Waals surface area contributed by atoms with Gasteiger partial charge in [-0.3, -0.25) is 0 Å². The minimum absolute atomic E-state index is 0.145. The minimum atomic E-state index is 0.145. The number of nitrogens with zero attached hydrogens (tertiary/aromatic N) is 3. The Morgan fingerprint density at radius 3 is 2.64 bits per heavy atom. The Kier molecular flexibility index (Phi) is 4.64. The highest BCUT2D eigenvalue weighted by atomic mass is 16.2. The summed E-state index contributed by atoms with van der Waals surface area (Å²) in [6.07, 6.45) is 9.84. The number of carbonyl (C=O) groups is 1. The van der Waals surface area contributed by atoms with E-state index in [1.54, 1.807) is 0 Å². The van der Waals surface area contributed by atoms with E-state index in [-0.39, 0.29) is 6.03 Å². The fourth-order valence-corrected chi connectivity index (χ4v) is 4.29. The molecule has 0 radical (unpaired) electrons. The van der Waals surface area contributed by atoms with Crippen molar-refractivity contribution in [3.8, 4) is 0 Å². The molecule has 5 heteroatoms. The molecule has 1 aliphatic heterocycles. The number of carbonyl (C=O) groups excluding carboxylic acids is 1. The normalized spacial score (nSPS) is 24.4. The Morgan fingerprint density at radius 1 is 1.12 bits per heavy atom. The minimum Gasteiger partial charge on any atom is -0.335 e. The van der Waals surface area contributed by atoms with Gasteiger partial charge in [-0.05, 0) is 69.6 Å². The highest BCUT2D eigenvalue weighted by Crippen LogP contribution is 2.31. The maximum absolute atomic E-state index is 12.4. The molecule has 2 aliphatic rings. The first-order valence-electron chi connectivity index (χ1n) is 9.69. The summed E-state index contributed by atoms with van der Waals surface area (Å²) in [5.41, 5.74) is 3.56. The van der Waals surface area contributed by atoms with Gasteiger partial charge < -0.3 is 14.8 Å². The van der Waals surface area contributed by atoms with Gasteiger partial charge in [0.15, 0.2) is 0 Å². The van der Waals surface area contributed by atoms with E-state index in [1.165, 1.54) is 17.5 Å². The molecule has 1 aliphatic carbocycles. The van der Waals surface area contributed by atoms with E-state index in [0.717, 1.165) is 57.1 Å². The predicted octanol–water partition coefficient (Wildman–Crippen LogP) is 4.02. The maximum Gasteiger partial charge on any atom is 0.317 e. The Labute approximate surface area is 149 Å². The monoisotopic (exact) mass is 340 g/mol. The third kappa shape index (κ3) is 3.51. The number of aromatic nitrogens is 2. The molecule has 134 valence electrons. The molecule has 1 saturated carbocycles. The molecular weight excluding hydrogens is 312 g/mol. The van der Waals surface area contributed by atoms with Gasteiger partial charge in [0.05, 0.1) is 17.4 Å². The number of fused-ring (bicyclic) bond motifs is 1. The summed E-state index contributed by atoms with van der Waals surface area (Å²) >= 11 is 0. The van der Waals surface area contributed by atoms with E-state index >= 15 is 0 Å². The van der Waals surface area contributed by atoms with E-state index in [4.69, 9.17) is 0 Å². The molecule has 4 rings (SSSR count). The smallest absolute Gasteiger partial charge is 0.317 e.